The predicted molar refractivity (Wildman–Crippen MR) is 81.1 cm³/mol. The highest BCUT2D eigenvalue weighted by molar-refractivity contribution is 5.02. The van der Waals surface area contributed by atoms with E-state index in [-0.39, 0.29) is 5.54 Å². The zero-order valence-electron chi connectivity index (χ0n) is 13.2. The van der Waals surface area contributed by atoms with Gasteiger partial charge in [-0.15, -0.1) is 0 Å². The predicted octanol–water partition coefficient (Wildman–Crippen LogP) is 2.41. The van der Waals surface area contributed by atoms with E-state index in [1.54, 1.807) is 0 Å². The van der Waals surface area contributed by atoms with Crippen LogP contribution in [0.15, 0.2) is 12.4 Å². The van der Waals surface area contributed by atoms with Gasteiger partial charge in [-0.1, -0.05) is 6.42 Å². The van der Waals surface area contributed by atoms with E-state index in [9.17, 15) is 0 Å². The van der Waals surface area contributed by atoms with Gasteiger partial charge in [0, 0.05) is 30.9 Å². The molecule has 0 aliphatic heterocycles. The summed E-state index contributed by atoms with van der Waals surface area (Å²) in [5.41, 5.74) is 1.54. The highest BCUT2D eigenvalue weighted by atomic mass is 15.2. The number of unbranched alkanes of at least 4 members (excludes halogenated alkanes) is 2. The summed E-state index contributed by atoms with van der Waals surface area (Å²) in [6.07, 6.45) is 7.86. The average molecular weight is 266 g/mol. The molecular weight excluding hydrogens is 236 g/mol. The maximum Gasteiger partial charge on any atom is 0.0534 e. The molecule has 0 amide bonds. The van der Waals surface area contributed by atoms with Gasteiger partial charge in [0.15, 0.2) is 0 Å². The minimum atomic E-state index is 0.247. The van der Waals surface area contributed by atoms with Crippen molar-refractivity contribution < 1.29 is 0 Å². The van der Waals surface area contributed by atoms with Crippen LogP contribution in [0.3, 0.4) is 0 Å². The lowest BCUT2D eigenvalue weighted by Crippen LogP contribution is -2.36. The number of rotatable bonds is 8. The quantitative estimate of drug-likeness (QED) is 0.734. The molecule has 0 saturated heterocycles. The molecule has 110 valence electrons. The summed E-state index contributed by atoms with van der Waals surface area (Å²) in [6.45, 7) is 9.92. The largest absolute Gasteiger partial charge is 0.312 e. The molecule has 0 aromatic carbocycles. The normalized spacial score (nSPS) is 12.3. The summed E-state index contributed by atoms with van der Waals surface area (Å²) in [7, 11) is 4.14. The lowest BCUT2D eigenvalue weighted by molar-refractivity contribution is 0.315. The summed E-state index contributed by atoms with van der Waals surface area (Å²) in [5, 5.41) is 7.72. The highest BCUT2D eigenvalue weighted by Crippen LogP contribution is 2.04. The molecule has 0 bridgehead atoms. The first kappa shape index (κ1) is 16.2. The van der Waals surface area contributed by atoms with Crippen molar-refractivity contribution in [2.75, 3.05) is 20.1 Å². The number of aryl methyl sites for hydroxylation is 1. The van der Waals surface area contributed by atoms with Crippen molar-refractivity contribution in [1.29, 1.82) is 0 Å². The van der Waals surface area contributed by atoms with Gasteiger partial charge in [-0.05, 0) is 53.8 Å². The standard InChI is InChI=1S/C15H30N4/c1-15(2,3)16-9-7-6-8-10-18(4)12-14-11-17-19(5)13-14/h11,13,16H,6-10,12H2,1-5H3. The van der Waals surface area contributed by atoms with Crippen LogP contribution in [-0.4, -0.2) is 40.4 Å². The van der Waals surface area contributed by atoms with Crippen LogP contribution in [0.2, 0.25) is 0 Å². The van der Waals surface area contributed by atoms with Gasteiger partial charge < -0.3 is 10.2 Å². The molecule has 0 atom stereocenters. The number of nitrogens with zero attached hydrogens (tertiary/aromatic N) is 3. The van der Waals surface area contributed by atoms with Gasteiger partial charge in [0.1, 0.15) is 0 Å². The Bertz CT molecular complexity index is 351. The summed E-state index contributed by atoms with van der Waals surface area (Å²) >= 11 is 0. The third-order valence-corrected chi connectivity index (χ3v) is 3.08. The molecule has 4 nitrogen and oxygen atoms in total. The van der Waals surface area contributed by atoms with Crippen LogP contribution in [0.4, 0.5) is 0 Å². The van der Waals surface area contributed by atoms with Crippen LogP contribution in [0, 0.1) is 0 Å². The second kappa shape index (κ2) is 7.65. The summed E-state index contributed by atoms with van der Waals surface area (Å²) in [5.74, 6) is 0. The lowest BCUT2D eigenvalue weighted by atomic mass is 10.1. The molecule has 0 spiro atoms. The second-order valence-corrected chi connectivity index (χ2v) is 6.50. The van der Waals surface area contributed by atoms with E-state index in [2.05, 4.69) is 49.3 Å². The SMILES string of the molecule is CN(CCCCCNC(C)(C)C)Cc1cnn(C)c1. The van der Waals surface area contributed by atoms with Gasteiger partial charge in [0.05, 0.1) is 6.20 Å². The van der Waals surface area contributed by atoms with Crippen LogP contribution in [-0.2, 0) is 13.6 Å². The maximum atomic E-state index is 4.20. The van der Waals surface area contributed by atoms with Crippen LogP contribution in [0.1, 0.15) is 45.6 Å². The molecule has 0 fully saturated rings. The zero-order valence-corrected chi connectivity index (χ0v) is 13.2. The smallest absolute Gasteiger partial charge is 0.0534 e. The molecule has 1 rings (SSSR count). The van der Waals surface area contributed by atoms with E-state index < -0.39 is 0 Å². The van der Waals surface area contributed by atoms with Crippen molar-refractivity contribution in [3.63, 3.8) is 0 Å². The summed E-state index contributed by atoms with van der Waals surface area (Å²) in [6, 6.07) is 0. The minimum Gasteiger partial charge on any atom is -0.312 e. The van der Waals surface area contributed by atoms with Crippen molar-refractivity contribution in [1.82, 2.24) is 20.0 Å². The third-order valence-electron chi connectivity index (χ3n) is 3.08. The fraction of sp³-hybridized carbons (Fsp3) is 0.800. The van der Waals surface area contributed by atoms with Crippen LogP contribution < -0.4 is 5.32 Å². The Morgan fingerprint density at radius 3 is 2.58 bits per heavy atom. The van der Waals surface area contributed by atoms with Crippen LogP contribution in [0.25, 0.3) is 0 Å². The molecule has 0 saturated carbocycles. The Hall–Kier alpha value is -0.870. The fourth-order valence-corrected chi connectivity index (χ4v) is 2.09. The van der Waals surface area contributed by atoms with Gasteiger partial charge in [-0.2, -0.15) is 5.10 Å². The number of hydrogen-bond donors (Lipinski definition) is 1. The molecule has 1 aromatic heterocycles. The molecule has 1 N–H and O–H groups in total. The van der Waals surface area contributed by atoms with Gasteiger partial charge in [0.2, 0.25) is 0 Å². The van der Waals surface area contributed by atoms with E-state index in [1.165, 1.54) is 24.8 Å². The molecule has 0 aliphatic rings. The monoisotopic (exact) mass is 266 g/mol. The van der Waals surface area contributed by atoms with Gasteiger partial charge >= 0.3 is 0 Å². The van der Waals surface area contributed by atoms with E-state index in [1.807, 2.05) is 17.9 Å². The van der Waals surface area contributed by atoms with Crippen molar-refractivity contribution in [2.24, 2.45) is 7.05 Å². The summed E-state index contributed by atoms with van der Waals surface area (Å²) < 4.78 is 1.86. The summed E-state index contributed by atoms with van der Waals surface area (Å²) in [4.78, 5) is 2.37. The van der Waals surface area contributed by atoms with Crippen molar-refractivity contribution in [3.8, 4) is 0 Å². The molecular formula is C15H30N4. The Kier molecular flexibility index (Phi) is 6.52. The van der Waals surface area contributed by atoms with Crippen LogP contribution >= 0.6 is 0 Å². The van der Waals surface area contributed by atoms with Crippen molar-refractivity contribution >= 4 is 0 Å². The molecule has 0 unspecified atom stereocenters. The number of nitrogens with one attached hydrogen (secondary N) is 1. The van der Waals surface area contributed by atoms with E-state index in [4.69, 9.17) is 0 Å². The Morgan fingerprint density at radius 2 is 2.00 bits per heavy atom. The van der Waals surface area contributed by atoms with Gasteiger partial charge in [-0.25, -0.2) is 0 Å². The van der Waals surface area contributed by atoms with E-state index in [0.717, 1.165) is 19.6 Å². The molecule has 19 heavy (non-hydrogen) atoms. The molecule has 0 aliphatic carbocycles. The minimum absolute atomic E-state index is 0.247. The third kappa shape index (κ3) is 8.01. The lowest BCUT2D eigenvalue weighted by Gasteiger charge is -2.20. The molecule has 1 aromatic rings. The first-order valence-corrected chi connectivity index (χ1v) is 7.28. The Morgan fingerprint density at radius 1 is 1.26 bits per heavy atom. The Balaban J connectivity index is 2.03. The second-order valence-electron chi connectivity index (χ2n) is 6.50. The van der Waals surface area contributed by atoms with Gasteiger partial charge in [0.25, 0.3) is 0 Å². The topological polar surface area (TPSA) is 33.1 Å². The number of hydrogen-bond acceptors (Lipinski definition) is 3. The molecule has 1 heterocycles. The fourth-order valence-electron chi connectivity index (χ4n) is 2.09. The number of aromatic nitrogens is 2. The first-order chi connectivity index (χ1) is 8.87. The molecule has 4 heteroatoms. The average Bonchev–Trinajstić information content (AvgIpc) is 2.67. The van der Waals surface area contributed by atoms with Crippen molar-refractivity contribution in [2.45, 2.75) is 52.1 Å². The van der Waals surface area contributed by atoms with E-state index >= 15 is 0 Å². The van der Waals surface area contributed by atoms with Crippen molar-refractivity contribution in [3.05, 3.63) is 18.0 Å². The van der Waals surface area contributed by atoms with Crippen LogP contribution in [0.5, 0.6) is 0 Å². The Labute approximate surface area is 118 Å². The maximum absolute atomic E-state index is 4.20. The molecule has 0 radical (unpaired) electrons. The zero-order chi connectivity index (χ0) is 14.3. The van der Waals surface area contributed by atoms with E-state index in [0.29, 0.717) is 0 Å². The first-order valence-electron chi connectivity index (χ1n) is 7.28. The van der Waals surface area contributed by atoms with Gasteiger partial charge in [-0.3, -0.25) is 4.68 Å². The highest BCUT2D eigenvalue weighted by Gasteiger charge is 2.07.